The summed E-state index contributed by atoms with van der Waals surface area (Å²) in [6.07, 6.45) is -4.96. The van der Waals surface area contributed by atoms with Crippen molar-refractivity contribution in [1.29, 1.82) is 0 Å². The summed E-state index contributed by atoms with van der Waals surface area (Å²) in [5, 5.41) is 2.14. The van der Waals surface area contributed by atoms with Gasteiger partial charge in [0, 0.05) is 19.3 Å². The Kier molecular flexibility index (Phi) is 5.38. The minimum absolute atomic E-state index is 0.131. The van der Waals surface area contributed by atoms with E-state index in [1.165, 1.54) is 0 Å². The van der Waals surface area contributed by atoms with Crippen molar-refractivity contribution in [2.75, 3.05) is 24.5 Å². The fourth-order valence-corrected chi connectivity index (χ4v) is 2.49. The molecule has 0 spiro atoms. The van der Waals surface area contributed by atoms with Crippen LogP contribution in [0, 0.1) is 5.92 Å². The van der Waals surface area contributed by atoms with E-state index in [0.717, 1.165) is 18.3 Å². The topological polar surface area (TPSA) is 45.2 Å². The Balaban J connectivity index is 2.05. The largest absolute Gasteiger partial charge is 0.416 e. The van der Waals surface area contributed by atoms with Gasteiger partial charge < -0.3 is 10.2 Å². The van der Waals surface area contributed by atoms with E-state index in [0.29, 0.717) is 19.4 Å². The summed E-state index contributed by atoms with van der Waals surface area (Å²) in [6, 6.07) is 1.81. The number of hydrogen-bond donors (Lipinski definition) is 1. The average molecular weight is 337 g/mol. The highest BCUT2D eigenvalue weighted by Gasteiger charge is 2.32. The predicted molar refractivity (Wildman–Crippen MR) is 73.2 cm³/mol. The number of amides is 1. The van der Waals surface area contributed by atoms with E-state index in [4.69, 9.17) is 0 Å². The quantitative estimate of drug-likeness (QED) is 0.860. The Labute approximate surface area is 129 Å². The third-order valence-electron chi connectivity index (χ3n) is 3.62. The second-order valence-corrected chi connectivity index (χ2v) is 5.32. The van der Waals surface area contributed by atoms with E-state index in [-0.39, 0.29) is 12.4 Å². The lowest BCUT2D eigenvalue weighted by Crippen LogP contribution is -2.44. The molecule has 1 unspecified atom stereocenters. The van der Waals surface area contributed by atoms with Crippen LogP contribution in [0.15, 0.2) is 18.3 Å². The summed E-state index contributed by atoms with van der Waals surface area (Å²) in [7, 11) is 0. The van der Waals surface area contributed by atoms with Crippen molar-refractivity contribution in [3.05, 3.63) is 23.9 Å². The zero-order valence-corrected chi connectivity index (χ0v) is 12.1. The number of piperidine rings is 1. The highest BCUT2D eigenvalue weighted by Crippen LogP contribution is 2.31. The SMILES string of the molecule is O=C(NCC(F)F)C1CCCN(c2cc(C(F)(F)F)ccn2)C1. The Morgan fingerprint density at radius 1 is 1.43 bits per heavy atom. The van der Waals surface area contributed by atoms with Gasteiger partial charge in [-0.3, -0.25) is 4.79 Å². The molecule has 0 saturated carbocycles. The minimum Gasteiger partial charge on any atom is -0.356 e. The number of anilines is 1. The van der Waals surface area contributed by atoms with Crippen LogP contribution in [0.4, 0.5) is 27.8 Å². The summed E-state index contributed by atoms with van der Waals surface area (Å²) >= 11 is 0. The van der Waals surface area contributed by atoms with Gasteiger partial charge in [0.15, 0.2) is 0 Å². The van der Waals surface area contributed by atoms with Gasteiger partial charge in [-0.25, -0.2) is 13.8 Å². The zero-order chi connectivity index (χ0) is 17.0. The van der Waals surface area contributed by atoms with E-state index < -0.39 is 36.5 Å². The fourth-order valence-electron chi connectivity index (χ4n) is 2.49. The molecule has 4 nitrogen and oxygen atoms in total. The number of carbonyl (C=O) groups excluding carboxylic acids is 1. The monoisotopic (exact) mass is 337 g/mol. The maximum Gasteiger partial charge on any atom is 0.416 e. The normalized spacial score (nSPS) is 19.0. The van der Waals surface area contributed by atoms with Crippen molar-refractivity contribution >= 4 is 11.7 Å². The van der Waals surface area contributed by atoms with Gasteiger partial charge in [0.25, 0.3) is 6.43 Å². The molecular formula is C14H16F5N3O. The number of rotatable bonds is 4. The lowest BCUT2D eigenvalue weighted by Gasteiger charge is -2.33. The first-order valence-corrected chi connectivity index (χ1v) is 7.11. The van der Waals surface area contributed by atoms with Gasteiger partial charge in [-0.1, -0.05) is 0 Å². The number of halogens is 5. The fraction of sp³-hybridized carbons (Fsp3) is 0.571. The number of nitrogens with one attached hydrogen (secondary N) is 1. The summed E-state index contributed by atoms with van der Waals surface area (Å²) in [5.74, 6) is -0.924. The summed E-state index contributed by atoms with van der Waals surface area (Å²) in [5.41, 5.74) is -0.813. The number of aromatic nitrogens is 1. The molecular weight excluding hydrogens is 321 g/mol. The molecule has 0 aliphatic carbocycles. The second-order valence-electron chi connectivity index (χ2n) is 5.32. The highest BCUT2D eigenvalue weighted by molar-refractivity contribution is 5.79. The lowest BCUT2D eigenvalue weighted by atomic mass is 9.97. The van der Waals surface area contributed by atoms with Crippen molar-refractivity contribution in [2.24, 2.45) is 5.92 Å². The number of nitrogens with zero attached hydrogens (tertiary/aromatic N) is 2. The van der Waals surface area contributed by atoms with Crippen molar-refractivity contribution < 1.29 is 26.7 Å². The van der Waals surface area contributed by atoms with Crippen molar-refractivity contribution in [3.63, 3.8) is 0 Å². The maximum absolute atomic E-state index is 12.7. The number of alkyl halides is 5. The summed E-state index contributed by atoms with van der Waals surface area (Å²) in [4.78, 5) is 17.3. The van der Waals surface area contributed by atoms with E-state index in [9.17, 15) is 26.7 Å². The van der Waals surface area contributed by atoms with Gasteiger partial charge in [-0.15, -0.1) is 0 Å². The molecule has 1 aliphatic heterocycles. The molecule has 23 heavy (non-hydrogen) atoms. The Morgan fingerprint density at radius 3 is 2.83 bits per heavy atom. The van der Waals surface area contributed by atoms with Crippen LogP contribution < -0.4 is 10.2 Å². The second kappa shape index (κ2) is 7.10. The van der Waals surface area contributed by atoms with Crippen LogP contribution in [-0.4, -0.2) is 37.0 Å². The molecule has 2 rings (SSSR count). The molecule has 128 valence electrons. The molecule has 0 aromatic carbocycles. The standard InChI is InChI=1S/C14H16F5N3O/c15-11(16)7-21-13(23)9-2-1-5-22(8-9)12-6-10(3-4-20-12)14(17,18)19/h3-4,6,9,11H,1-2,5,7-8H2,(H,21,23). The molecule has 1 N–H and O–H groups in total. The first-order chi connectivity index (χ1) is 10.8. The summed E-state index contributed by atoms with van der Waals surface area (Å²) in [6.45, 7) is -0.104. The van der Waals surface area contributed by atoms with Crippen LogP contribution in [0.25, 0.3) is 0 Å². The van der Waals surface area contributed by atoms with Crippen molar-refractivity contribution in [2.45, 2.75) is 25.4 Å². The van der Waals surface area contributed by atoms with E-state index >= 15 is 0 Å². The zero-order valence-electron chi connectivity index (χ0n) is 12.1. The van der Waals surface area contributed by atoms with Crippen LogP contribution in [0.1, 0.15) is 18.4 Å². The third-order valence-corrected chi connectivity index (χ3v) is 3.62. The maximum atomic E-state index is 12.7. The molecule has 1 saturated heterocycles. The Bertz CT molecular complexity index is 549. The van der Waals surface area contributed by atoms with E-state index in [2.05, 4.69) is 10.3 Å². The minimum atomic E-state index is -4.47. The molecule has 1 aliphatic rings. The van der Waals surface area contributed by atoms with Gasteiger partial charge in [-0.2, -0.15) is 13.2 Å². The van der Waals surface area contributed by atoms with Crippen LogP contribution in [0.5, 0.6) is 0 Å². The smallest absolute Gasteiger partial charge is 0.356 e. The van der Waals surface area contributed by atoms with Crippen molar-refractivity contribution in [3.8, 4) is 0 Å². The van der Waals surface area contributed by atoms with Crippen LogP contribution in [0.2, 0.25) is 0 Å². The first-order valence-electron chi connectivity index (χ1n) is 7.11. The molecule has 0 radical (unpaired) electrons. The highest BCUT2D eigenvalue weighted by atomic mass is 19.4. The molecule has 1 atom stereocenters. The molecule has 1 fully saturated rings. The van der Waals surface area contributed by atoms with Crippen LogP contribution >= 0.6 is 0 Å². The van der Waals surface area contributed by atoms with Gasteiger partial charge in [0.05, 0.1) is 18.0 Å². The summed E-state index contributed by atoms with van der Waals surface area (Å²) < 4.78 is 62.4. The number of carbonyl (C=O) groups is 1. The van der Waals surface area contributed by atoms with Gasteiger partial charge in [-0.05, 0) is 25.0 Å². The predicted octanol–water partition coefficient (Wildman–Crippen LogP) is 2.70. The van der Waals surface area contributed by atoms with Gasteiger partial charge in [0.2, 0.25) is 5.91 Å². The molecule has 2 heterocycles. The van der Waals surface area contributed by atoms with E-state index in [1.54, 1.807) is 4.90 Å². The molecule has 0 bridgehead atoms. The van der Waals surface area contributed by atoms with Gasteiger partial charge in [0.1, 0.15) is 5.82 Å². The van der Waals surface area contributed by atoms with Crippen LogP contribution in [-0.2, 0) is 11.0 Å². The van der Waals surface area contributed by atoms with Crippen LogP contribution in [0.3, 0.4) is 0 Å². The molecule has 1 amide bonds. The lowest BCUT2D eigenvalue weighted by molar-refractivity contribution is -0.137. The van der Waals surface area contributed by atoms with E-state index in [1.807, 2.05) is 0 Å². The number of hydrogen-bond acceptors (Lipinski definition) is 3. The Morgan fingerprint density at radius 2 is 2.17 bits per heavy atom. The average Bonchev–Trinajstić information content (AvgIpc) is 2.52. The third kappa shape index (κ3) is 4.77. The molecule has 9 heteroatoms. The number of pyridine rings is 1. The van der Waals surface area contributed by atoms with Gasteiger partial charge >= 0.3 is 6.18 Å². The van der Waals surface area contributed by atoms with Crippen molar-refractivity contribution in [1.82, 2.24) is 10.3 Å². The first kappa shape index (κ1) is 17.4. The molecule has 1 aromatic rings. The Hall–Kier alpha value is -1.93. The molecule has 1 aromatic heterocycles.